The topological polar surface area (TPSA) is 70.8 Å². The van der Waals surface area contributed by atoms with Crippen LogP contribution >= 0.6 is 0 Å². The summed E-state index contributed by atoms with van der Waals surface area (Å²) in [5.74, 6) is -0.333. The number of ether oxygens (including phenoxy) is 1. The standard InChI is InChI=1S/C11H24O3Si.C2H5NO/c1-5-8-11(12-2)9-6-7-10-15(11,13-3)14-4;1-2(3)4/h5-10H2,1-4H3;1H3,(H2,3,4). The highest BCUT2D eigenvalue weighted by atomic mass is 28.4. The van der Waals surface area contributed by atoms with Gasteiger partial charge in [0, 0.05) is 28.3 Å². The van der Waals surface area contributed by atoms with Gasteiger partial charge in [-0.15, -0.1) is 0 Å². The highest BCUT2D eigenvalue weighted by Gasteiger charge is 2.58. The molecular weight excluding hydrogens is 262 g/mol. The number of hydrogen-bond acceptors (Lipinski definition) is 4. The number of rotatable bonds is 5. The van der Waals surface area contributed by atoms with Crippen LogP contribution < -0.4 is 5.73 Å². The maximum Gasteiger partial charge on any atom is 0.370 e. The Bertz CT molecular complexity index is 263. The van der Waals surface area contributed by atoms with Gasteiger partial charge in [0.15, 0.2) is 0 Å². The fourth-order valence-electron chi connectivity index (χ4n) is 2.92. The second-order valence-electron chi connectivity index (χ2n) is 4.93. The molecule has 19 heavy (non-hydrogen) atoms. The lowest BCUT2D eigenvalue weighted by Gasteiger charge is -2.47. The zero-order chi connectivity index (χ0) is 14.9. The first-order valence-corrected chi connectivity index (χ1v) is 8.87. The molecule has 0 radical (unpaired) electrons. The summed E-state index contributed by atoms with van der Waals surface area (Å²) >= 11 is 0. The van der Waals surface area contributed by atoms with Crippen molar-refractivity contribution >= 4 is 14.5 Å². The summed E-state index contributed by atoms with van der Waals surface area (Å²) in [7, 11) is 3.22. The van der Waals surface area contributed by atoms with Gasteiger partial charge in [0.2, 0.25) is 5.91 Å². The van der Waals surface area contributed by atoms with E-state index in [4.69, 9.17) is 13.6 Å². The quantitative estimate of drug-likeness (QED) is 0.788. The molecule has 114 valence electrons. The molecule has 1 unspecified atom stereocenters. The Morgan fingerprint density at radius 3 is 2.16 bits per heavy atom. The first kappa shape index (κ1) is 18.6. The van der Waals surface area contributed by atoms with Gasteiger partial charge in [-0.2, -0.15) is 0 Å². The number of carbonyl (C=O) groups is 1. The van der Waals surface area contributed by atoms with Crippen molar-refractivity contribution in [2.45, 2.75) is 57.2 Å². The molecule has 1 aliphatic rings. The van der Waals surface area contributed by atoms with Crippen LogP contribution in [0.1, 0.15) is 46.0 Å². The van der Waals surface area contributed by atoms with Crippen molar-refractivity contribution in [2.24, 2.45) is 5.73 Å². The molecule has 1 saturated heterocycles. The highest BCUT2D eigenvalue weighted by molar-refractivity contribution is 6.70. The first-order chi connectivity index (χ1) is 8.93. The SMILES string of the molecule is CC(N)=O.CCCC1(OC)CCCC[Si]1(OC)OC. The van der Waals surface area contributed by atoms with E-state index in [1.807, 2.05) is 0 Å². The molecule has 0 saturated carbocycles. The third kappa shape index (κ3) is 4.56. The van der Waals surface area contributed by atoms with Crippen molar-refractivity contribution in [1.82, 2.24) is 0 Å². The maximum absolute atomic E-state index is 9.22. The molecule has 0 spiro atoms. The van der Waals surface area contributed by atoms with Crippen LogP contribution in [0.5, 0.6) is 0 Å². The number of amides is 1. The number of methoxy groups -OCH3 is 1. The minimum absolute atomic E-state index is 0.122. The minimum atomic E-state index is -2.15. The Balaban J connectivity index is 0.000000711. The molecule has 0 aliphatic carbocycles. The predicted molar refractivity (Wildman–Crippen MR) is 77.9 cm³/mol. The van der Waals surface area contributed by atoms with Gasteiger partial charge in [-0.3, -0.25) is 4.79 Å². The summed E-state index contributed by atoms with van der Waals surface area (Å²) < 4.78 is 17.4. The Hall–Kier alpha value is -0.433. The van der Waals surface area contributed by atoms with Gasteiger partial charge in [-0.05, 0) is 18.9 Å². The molecular formula is C13H29NO4Si. The lowest BCUT2D eigenvalue weighted by atomic mass is 10.1. The third-order valence-corrected chi connectivity index (χ3v) is 8.16. The van der Waals surface area contributed by atoms with Crippen molar-refractivity contribution in [1.29, 1.82) is 0 Å². The largest absolute Gasteiger partial charge is 0.396 e. The number of carbonyl (C=O) groups excluding carboxylic acids is 1. The summed E-state index contributed by atoms with van der Waals surface area (Å²) in [6.07, 6.45) is 5.70. The molecule has 0 aromatic heterocycles. The molecule has 0 bridgehead atoms. The van der Waals surface area contributed by atoms with Crippen molar-refractivity contribution in [2.75, 3.05) is 21.3 Å². The molecule has 1 heterocycles. The molecule has 5 nitrogen and oxygen atoms in total. The lowest BCUT2D eigenvalue weighted by Crippen LogP contribution is -2.64. The highest BCUT2D eigenvalue weighted by Crippen LogP contribution is 2.42. The normalized spacial score (nSPS) is 25.3. The van der Waals surface area contributed by atoms with Gasteiger partial charge in [0.05, 0.1) is 0 Å². The van der Waals surface area contributed by atoms with E-state index in [-0.39, 0.29) is 11.1 Å². The molecule has 2 N–H and O–H groups in total. The van der Waals surface area contributed by atoms with Crippen molar-refractivity contribution in [3.8, 4) is 0 Å². The Morgan fingerprint density at radius 1 is 1.26 bits per heavy atom. The van der Waals surface area contributed by atoms with Gasteiger partial charge in [-0.25, -0.2) is 0 Å². The van der Waals surface area contributed by atoms with Crippen LogP contribution in [0.15, 0.2) is 0 Å². The lowest BCUT2D eigenvalue weighted by molar-refractivity contribution is -0.115. The number of primary amides is 1. The zero-order valence-corrected chi connectivity index (χ0v) is 14.0. The van der Waals surface area contributed by atoms with Gasteiger partial charge < -0.3 is 19.3 Å². The predicted octanol–water partition coefficient (Wildman–Crippen LogP) is 2.12. The second-order valence-corrected chi connectivity index (χ2v) is 8.66. The van der Waals surface area contributed by atoms with E-state index >= 15 is 0 Å². The smallest absolute Gasteiger partial charge is 0.370 e. The summed E-state index contributed by atoms with van der Waals surface area (Å²) in [5.41, 5.74) is 4.47. The van der Waals surface area contributed by atoms with E-state index in [1.54, 1.807) is 21.3 Å². The van der Waals surface area contributed by atoms with Gasteiger partial charge in [-0.1, -0.05) is 26.2 Å². The van der Waals surface area contributed by atoms with E-state index in [1.165, 1.54) is 19.8 Å². The van der Waals surface area contributed by atoms with Crippen LogP contribution in [0.2, 0.25) is 6.04 Å². The number of nitrogens with two attached hydrogens (primary N) is 1. The Labute approximate surface area is 118 Å². The summed E-state index contributed by atoms with van der Waals surface area (Å²) in [6.45, 7) is 3.50. The van der Waals surface area contributed by atoms with Gasteiger partial charge >= 0.3 is 8.56 Å². The Kier molecular flexibility index (Phi) is 8.48. The average Bonchev–Trinajstić information content (AvgIpc) is 2.39. The van der Waals surface area contributed by atoms with E-state index in [0.29, 0.717) is 0 Å². The summed E-state index contributed by atoms with van der Waals surface area (Å²) in [4.78, 5) is 9.22. The summed E-state index contributed by atoms with van der Waals surface area (Å²) in [5, 5.41) is -0.122. The molecule has 1 aliphatic heterocycles. The zero-order valence-electron chi connectivity index (χ0n) is 13.0. The van der Waals surface area contributed by atoms with Crippen LogP contribution in [0, 0.1) is 0 Å². The fraction of sp³-hybridized carbons (Fsp3) is 0.923. The Morgan fingerprint density at radius 2 is 1.79 bits per heavy atom. The van der Waals surface area contributed by atoms with Gasteiger partial charge in [0.25, 0.3) is 0 Å². The van der Waals surface area contributed by atoms with Crippen LogP contribution in [0.25, 0.3) is 0 Å². The van der Waals surface area contributed by atoms with Crippen molar-refractivity contribution in [3.05, 3.63) is 0 Å². The van der Waals surface area contributed by atoms with E-state index in [2.05, 4.69) is 12.7 Å². The molecule has 0 aromatic rings. The average molecular weight is 291 g/mol. The van der Waals surface area contributed by atoms with Gasteiger partial charge in [0.1, 0.15) is 5.22 Å². The van der Waals surface area contributed by atoms with Crippen molar-refractivity contribution < 1.29 is 18.4 Å². The maximum atomic E-state index is 9.22. The van der Waals surface area contributed by atoms with Crippen molar-refractivity contribution in [3.63, 3.8) is 0 Å². The fourth-order valence-corrected chi connectivity index (χ4v) is 6.91. The molecule has 1 amide bonds. The molecule has 0 aromatic carbocycles. The van der Waals surface area contributed by atoms with E-state index < -0.39 is 8.56 Å². The van der Waals surface area contributed by atoms with Crippen LogP contribution in [0.4, 0.5) is 0 Å². The third-order valence-electron chi connectivity index (χ3n) is 3.73. The van der Waals surface area contributed by atoms with Crippen LogP contribution in [0.3, 0.4) is 0 Å². The molecule has 1 atom stereocenters. The van der Waals surface area contributed by atoms with Crippen LogP contribution in [-0.4, -0.2) is 41.0 Å². The number of hydrogen-bond donors (Lipinski definition) is 1. The second kappa shape index (κ2) is 8.68. The summed E-state index contributed by atoms with van der Waals surface area (Å²) in [6, 6.07) is 1.06. The molecule has 6 heteroatoms. The molecule has 1 fully saturated rings. The monoisotopic (exact) mass is 291 g/mol. The first-order valence-electron chi connectivity index (χ1n) is 6.85. The van der Waals surface area contributed by atoms with E-state index in [0.717, 1.165) is 25.3 Å². The minimum Gasteiger partial charge on any atom is -0.396 e. The molecule has 1 rings (SSSR count). The van der Waals surface area contributed by atoms with Crippen LogP contribution in [-0.2, 0) is 18.4 Å². The van der Waals surface area contributed by atoms with E-state index in [9.17, 15) is 4.79 Å².